The molecule has 1 saturated heterocycles. The zero-order valence-electron chi connectivity index (χ0n) is 8.75. The fraction of sp³-hybridized carbons (Fsp3) is 0.900. The molecule has 0 aromatic rings. The van der Waals surface area contributed by atoms with Crippen LogP contribution in [0.15, 0.2) is 0 Å². The fourth-order valence-electron chi connectivity index (χ4n) is 1.59. The highest BCUT2D eigenvalue weighted by atomic mass is 16.6. The lowest BCUT2D eigenvalue weighted by molar-refractivity contribution is -0.145. The summed E-state index contributed by atoms with van der Waals surface area (Å²) in [6.45, 7) is 2.99. The number of ether oxygens (including phenoxy) is 2. The molecule has 1 N–H and O–H groups in total. The van der Waals surface area contributed by atoms with Crippen LogP contribution in [0.3, 0.4) is 0 Å². The molecule has 1 unspecified atom stereocenters. The Morgan fingerprint density at radius 1 is 1.50 bits per heavy atom. The molecule has 4 nitrogen and oxygen atoms in total. The molecule has 0 saturated carbocycles. The molecular weight excluding hydrogens is 182 g/mol. The summed E-state index contributed by atoms with van der Waals surface area (Å²) >= 11 is 0. The standard InChI is InChI=1S/C10H19NO3/c1-13-6-7-14-10(12)3-2-9-4-5-11-8-9/h9,11H,2-8H2,1H3. The Morgan fingerprint density at radius 3 is 3.00 bits per heavy atom. The maximum atomic E-state index is 11.2. The molecule has 1 atom stereocenters. The van der Waals surface area contributed by atoms with Crippen molar-refractivity contribution in [1.29, 1.82) is 0 Å². The number of esters is 1. The normalized spacial score (nSPS) is 21.1. The second-order valence-electron chi connectivity index (χ2n) is 3.61. The Labute approximate surface area is 85.0 Å². The summed E-state index contributed by atoms with van der Waals surface area (Å²) in [5.74, 6) is 0.555. The Balaban J connectivity index is 1.96. The smallest absolute Gasteiger partial charge is 0.305 e. The van der Waals surface area contributed by atoms with Gasteiger partial charge in [0.15, 0.2) is 0 Å². The zero-order chi connectivity index (χ0) is 10.2. The van der Waals surface area contributed by atoms with Crippen LogP contribution < -0.4 is 5.32 Å². The van der Waals surface area contributed by atoms with Crippen LogP contribution in [-0.2, 0) is 14.3 Å². The van der Waals surface area contributed by atoms with Crippen LogP contribution in [0.1, 0.15) is 19.3 Å². The van der Waals surface area contributed by atoms with Crippen molar-refractivity contribution in [3.63, 3.8) is 0 Å². The van der Waals surface area contributed by atoms with Crippen molar-refractivity contribution in [3.8, 4) is 0 Å². The molecule has 4 heteroatoms. The largest absolute Gasteiger partial charge is 0.463 e. The van der Waals surface area contributed by atoms with Crippen LogP contribution >= 0.6 is 0 Å². The van der Waals surface area contributed by atoms with Crippen LogP contribution in [0.25, 0.3) is 0 Å². The van der Waals surface area contributed by atoms with Crippen LogP contribution in [0.5, 0.6) is 0 Å². The van der Waals surface area contributed by atoms with E-state index in [1.165, 1.54) is 6.42 Å². The van der Waals surface area contributed by atoms with E-state index in [1.54, 1.807) is 7.11 Å². The third-order valence-electron chi connectivity index (χ3n) is 2.47. The lowest BCUT2D eigenvalue weighted by Gasteiger charge is -2.07. The van der Waals surface area contributed by atoms with Crippen LogP contribution in [0.2, 0.25) is 0 Å². The van der Waals surface area contributed by atoms with Gasteiger partial charge in [-0.2, -0.15) is 0 Å². The molecule has 1 fully saturated rings. The van der Waals surface area contributed by atoms with Gasteiger partial charge in [-0.15, -0.1) is 0 Å². The van der Waals surface area contributed by atoms with Gasteiger partial charge in [-0.05, 0) is 31.8 Å². The highest BCUT2D eigenvalue weighted by Gasteiger charge is 2.15. The maximum absolute atomic E-state index is 11.2. The van der Waals surface area contributed by atoms with Gasteiger partial charge >= 0.3 is 5.97 Å². The number of nitrogens with one attached hydrogen (secondary N) is 1. The van der Waals surface area contributed by atoms with E-state index in [2.05, 4.69) is 5.32 Å². The topological polar surface area (TPSA) is 47.6 Å². The molecule has 0 aromatic heterocycles. The minimum atomic E-state index is -0.103. The molecule has 0 bridgehead atoms. The zero-order valence-corrected chi connectivity index (χ0v) is 8.75. The SMILES string of the molecule is COCCOC(=O)CCC1CCNC1. The van der Waals surface area contributed by atoms with E-state index in [4.69, 9.17) is 9.47 Å². The predicted octanol–water partition coefficient (Wildman–Crippen LogP) is 0.566. The quantitative estimate of drug-likeness (QED) is 0.504. The van der Waals surface area contributed by atoms with Gasteiger partial charge < -0.3 is 14.8 Å². The summed E-state index contributed by atoms with van der Waals surface area (Å²) in [5, 5.41) is 3.28. The van der Waals surface area contributed by atoms with E-state index in [0.29, 0.717) is 25.6 Å². The van der Waals surface area contributed by atoms with Gasteiger partial charge in [0.2, 0.25) is 0 Å². The van der Waals surface area contributed by atoms with Crippen LogP contribution in [0, 0.1) is 5.92 Å². The van der Waals surface area contributed by atoms with E-state index >= 15 is 0 Å². The van der Waals surface area contributed by atoms with Gasteiger partial charge in [0.1, 0.15) is 6.61 Å². The van der Waals surface area contributed by atoms with E-state index in [-0.39, 0.29) is 5.97 Å². The Bertz CT molecular complexity index is 167. The molecule has 0 radical (unpaired) electrons. The highest BCUT2D eigenvalue weighted by Crippen LogP contribution is 2.14. The summed E-state index contributed by atoms with van der Waals surface area (Å²) in [7, 11) is 1.60. The van der Waals surface area contributed by atoms with Gasteiger partial charge in [0.25, 0.3) is 0 Å². The molecule has 14 heavy (non-hydrogen) atoms. The number of carbonyl (C=O) groups is 1. The fourth-order valence-corrected chi connectivity index (χ4v) is 1.59. The van der Waals surface area contributed by atoms with Crippen molar-refractivity contribution in [2.45, 2.75) is 19.3 Å². The number of carbonyl (C=O) groups excluding carboxylic acids is 1. The molecule has 1 heterocycles. The summed E-state index contributed by atoms with van der Waals surface area (Å²) < 4.78 is 9.74. The first kappa shape index (κ1) is 11.5. The first-order valence-electron chi connectivity index (χ1n) is 5.18. The van der Waals surface area contributed by atoms with E-state index in [0.717, 1.165) is 19.5 Å². The first-order chi connectivity index (χ1) is 6.83. The molecule has 0 aromatic carbocycles. The third kappa shape index (κ3) is 4.58. The lowest BCUT2D eigenvalue weighted by Crippen LogP contribution is -2.13. The number of hydrogen-bond acceptors (Lipinski definition) is 4. The Morgan fingerprint density at radius 2 is 2.36 bits per heavy atom. The minimum Gasteiger partial charge on any atom is -0.463 e. The number of hydrogen-bond donors (Lipinski definition) is 1. The summed E-state index contributed by atoms with van der Waals surface area (Å²) in [6, 6.07) is 0. The minimum absolute atomic E-state index is 0.103. The average molecular weight is 201 g/mol. The molecule has 82 valence electrons. The molecule has 0 spiro atoms. The summed E-state index contributed by atoms with van der Waals surface area (Å²) in [6.07, 6.45) is 2.67. The summed E-state index contributed by atoms with van der Waals surface area (Å²) in [4.78, 5) is 11.2. The van der Waals surface area contributed by atoms with Gasteiger partial charge in [0.05, 0.1) is 6.61 Å². The second kappa shape index (κ2) is 6.79. The van der Waals surface area contributed by atoms with Gasteiger partial charge in [0, 0.05) is 13.5 Å². The number of methoxy groups -OCH3 is 1. The second-order valence-corrected chi connectivity index (χ2v) is 3.61. The molecule has 1 aliphatic heterocycles. The molecule has 1 aliphatic rings. The monoisotopic (exact) mass is 201 g/mol. The molecule has 0 aliphatic carbocycles. The van der Waals surface area contributed by atoms with Crippen molar-refractivity contribution >= 4 is 5.97 Å². The van der Waals surface area contributed by atoms with Gasteiger partial charge in [-0.3, -0.25) is 4.79 Å². The Kier molecular flexibility index (Phi) is 5.56. The third-order valence-corrected chi connectivity index (χ3v) is 2.47. The van der Waals surface area contributed by atoms with Gasteiger partial charge in [-0.25, -0.2) is 0 Å². The number of rotatable bonds is 6. The van der Waals surface area contributed by atoms with E-state index in [1.807, 2.05) is 0 Å². The molecular formula is C10H19NO3. The highest BCUT2D eigenvalue weighted by molar-refractivity contribution is 5.69. The van der Waals surface area contributed by atoms with Crippen molar-refractivity contribution in [3.05, 3.63) is 0 Å². The van der Waals surface area contributed by atoms with Crippen molar-refractivity contribution in [2.24, 2.45) is 5.92 Å². The summed E-state index contributed by atoms with van der Waals surface area (Å²) in [5.41, 5.74) is 0. The first-order valence-corrected chi connectivity index (χ1v) is 5.18. The molecule has 1 rings (SSSR count). The lowest BCUT2D eigenvalue weighted by atomic mass is 10.0. The van der Waals surface area contributed by atoms with Crippen molar-refractivity contribution < 1.29 is 14.3 Å². The molecule has 0 amide bonds. The average Bonchev–Trinajstić information content (AvgIpc) is 2.68. The van der Waals surface area contributed by atoms with Crippen LogP contribution in [0.4, 0.5) is 0 Å². The predicted molar refractivity (Wildman–Crippen MR) is 53.0 cm³/mol. The van der Waals surface area contributed by atoms with E-state index in [9.17, 15) is 4.79 Å². The van der Waals surface area contributed by atoms with Crippen molar-refractivity contribution in [2.75, 3.05) is 33.4 Å². The van der Waals surface area contributed by atoms with Gasteiger partial charge in [-0.1, -0.05) is 0 Å². The maximum Gasteiger partial charge on any atom is 0.305 e. The van der Waals surface area contributed by atoms with E-state index < -0.39 is 0 Å². The van der Waals surface area contributed by atoms with Crippen LogP contribution in [-0.4, -0.2) is 39.4 Å². The van der Waals surface area contributed by atoms with Crippen molar-refractivity contribution in [1.82, 2.24) is 5.32 Å². The Hall–Kier alpha value is -0.610.